The highest BCUT2D eigenvalue weighted by atomic mass is 19.4. The molecule has 11 heavy (non-hydrogen) atoms. The number of nitrogens with two attached hydrogens (primary N) is 1. The van der Waals surface area contributed by atoms with Crippen LogP contribution in [0.3, 0.4) is 0 Å². The van der Waals surface area contributed by atoms with E-state index in [-0.39, 0.29) is 12.5 Å². The lowest BCUT2D eigenvalue weighted by Gasteiger charge is -2.13. The predicted octanol–water partition coefficient (Wildman–Crippen LogP) is 1.76. The van der Waals surface area contributed by atoms with Gasteiger partial charge in [0.2, 0.25) is 0 Å². The summed E-state index contributed by atoms with van der Waals surface area (Å²) in [5.74, 6) is 0. The van der Waals surface area contributed by atoms with Gasteiger partial charge >= 0.3 is 6.18 Å². The summed E-state index contributed by atoms with van der Waals surface area (Å²) in [6, 6.07) is -0.263. The molecule has 0 aromatic carbocycles. The second kappa shape index (κ2) is 2.70. The lowest BCUT2D eigenvalue weighted by Crippen LogP contribution is -2.21. The SMILES string of the molecule is NC1C=CC(C(F)(F)F)=CC1. The van der Waals surface area contributed by atoms with Crippen molar-refractivity contribution in [3.05, 3.63) is 23.8 Å². The Morgan fingerprint density at radius 3 is 2.45 bits per heavy atom. The predicted molar refractivity (Wildman–Crippen MR) is 35.9 cm³/mol. The summed E-state index contributed by atoms with van der Waals surface area (Å²) in [6.07, 6.45) is -0.455. The van der Waals surface area contributed by atoms with Gasteiger partial charge in [0.05, 0.1) is 5.57 Å². The molecule has 1 atom stereocenters. The van der Waals surface area contributed by atoms with E-state index in [4.69, 9.17) is 5.73 Å². The van der Waals surface area contributed by atoms with Crippen molar-refractivity contribution in [1.82, 2.24) is 0 Å². The zero-order valence-electron chi connectivity index (χ0n) is 5.73. The molecule has 0 saturated heterocycles. The summed E-state index contributed by atoms with van der Waals surface area (Å²) in [6.45, 7) is 0. The minimum atomic E-state index is -4.23. The minimum absolute atomic E-state index is 0.263. The van der Waals surface area contributed by atoms with E-state index < -0.39 is 11.7 Å². The fourth-order valence-electron chi connectivity index (χ4n) is 0.847. The molecule has 0 aromatic heterocycles. The van der Waals surface area contributed by atoms with Crippen LogP contribution in [-0.2, 0) is 0 Å². The van der Waals surface area contributed by atoms with Gasteiger partial charge in [-0.25, -0.2) is 0 Å². The maximum atomic E-state index is 11.9. The Balaban J connectivity index is 2.71. The quantitative estimate of drug-likeness (QED) is 0.578. The van der Waals surface area contributed by atoms with Gasteiger partial charge in [-0.1, -0.05) is 18.2 Å². The van der Waals surface area contributed by atoms with Crippen LogP contribution in [0.15, 0.2) is 23.8 Å². The van der Waals surface area contributed by atoms with Crippen LogP contribution in [0.4, 0.5) is 13.2 Å². The molecule has 0 aromatic rings. The van der Waals surface area contributed by atoms with Gasteiger partial charge in [-0.3, -0.25) is 0 Å². The van der Waals surface area contributed by atoms with Crippen molar-refractivity contribution in [1.29, 1.82) is 0 Å². The Bertz CT molecular complexity index is 202. The molecular weight excluding hydrogens is 155 g/mol. The topological polar surface area (TPSA) is 26.0 Å². The average molecular weight is 163 g/mol. The average Bonchev–Trinajstić information content (AvgIpc) is 1.86. The molecular formula is C7H8F3N. The standard InChI is InChI=1S/C7H8F3N/c8-7(9,10)5-1-3-6(11)4-2-5/h1-3,6H,4,11H2. The first-order valence-electron chi connectivity index (χ1n) is 3.21. The fourth-order valence-corrected chi connectivity index (χ4v) is 0.847. The monoisotopic (exact) mass is 163 g/mol. The van der Waals surface area contributed by atoms with Crippen LogP contribution in [0, 0.1) is 0 Å². The van der Waals surface area contributed by atoms with Crippen LogP contribution in [0.1, 0.15) is 6.42 Å². The van der Waals surface area contributed by atoms with Gasteiger partial charge in [0, 0.05) is 6.04 Å². The molecule has 0 amide bonds. The van der Waals surface area contributed by atoms with Crippen molar-refractivity contribution < 1.29 is 13.2 Å². The van der Waals surface area contributed by atoms with E-state index in [1.54, 1.807) is 0 Å². The van der Waals surface area contributed by atoms with Gasteiger partial charge in [-0.05, 0) is 6.42 Å². The van der Waals surface area contributed by atoms with Crippen molar-refractivity contribution in [3.63, 3.8) is 0 Å². The minimum Gasteiger partial charge on any atom is -0.324 e. The van der Waals surface area contributed by atoms with Gasteiger partial charge < -0.3 is 5.73 Å². The van der Waals surface area contributed by atoms with Crippen molar-refractivity contribution in [2.45, 2.75) is 18.6 Å². The lowest BCUT2D eigenvalue weighted by atomic mass is 10.0. The molecule has 62 valence electrons. The van der Waals surface area contributed by atoms with Crippen LogP contribution in [0.5, 0.6) is 0 Å². The van der Waals surface area contributed by atoms with Crippen LogP contribution in [-0.4, -0.2) is 12.2 Å². The van der Waals surface area contributed by atoms with Crippen molar-refractivity contribution in [2.75, 3.05) is 0 Å². The number of rotatable bonds is 0. The van der Waals surface area contributed by atoms with Crippen LogP contribution in [0.2, 0.25) is 0 Å². The highest BCUT2D eigenvalue weighted by Gasteiger charge is 2.32. The Kier molecular flexibility index (Phi) is 2.04. The summed E-state index contributed by atoms with van der Waals surface area (Å²) < 4.78 is 35.7. The first kappa shape index (κ1) is 8.33. The summed E-state index contributed by atoms with van der Waals surface area (Å²) in [5, 5.41) is 0. The number of hydrogen-bond donors (Lipinski definition) is 1. The largest absolute Gasteiger partial charge is 0.416 e. The second-order valence-corrected chi connectivity index (χ2v) is 2.42. The molecule has 1 aliphatic rings. The molecule has 1 nitrogen and oxygen atoms in total. The summed E-state index contributed by atoms with van der Waals surface area (Å²) >= 11 is 0. The number of alkyl halides is 3. The van der Waals surface area contributed by atoms with Crippen LogP contribution in [0.25, 0.3) is 0 Å². The molecule has 0 radical (unpaired) electrons. The normalized spacial score (nSPS) is 25.1. The Labute approximate surface area is 62.4 Å². The molecule has 1 aliphatic carbocycles. The van der Waals surface area contributed by atoms with E-state index in [2.05, 4.69) is 0 Å². The molecule has 1 rings (SSSR count). The van der Waals surface area contributed by atoms with Crippen molar-refractivity contribution in [2.24, 2.45) is 5.73 Å². The molecule has 2 N–H and O–H groups in total. The van der Waals surface area contributed by atoms with E-state index in [1.165, 1.54) is 6.08 Å². The van der Waals surface area contributed by atoms with Crippen LogP contribution < -0.4 is 5.73 Å². The maximum absolute atomic E-state index is 11.9. The molecule has 0 bridgehead atoms. The number of allylic oxidation sites excluding steroid dienone is 2. The van der Waals surface area contributed by atoms with Crippen molar-refractivity contribution in [3.8, 4) is 0 Å². The maximum Gasteiger partial charge on any atom is 0.416 e. The Morgan fingerprint density at radius 1 is 1.45 bits per heavy atom. The van der Waals surface area contributed by atoms with Gasteiger partial charge in [-0.2, -0.15) is 13.2 Å². The first-order valence-corrected chi connectivity index (χ1v) is 3.21. The van der Waals surface area contributed by atoms with Crippen LogP contribution >= 0.6 is 0 Å². The zero-order chi connectivity index (χ0) is 8.48. The zero-order valence-corrected chi connectivity index (χ0v) is 5.73. The van der Waals surface area contributed by atoms with Gasteiger partial charge in [0.25, 0.3) is 0 Å². The highest BCUT2D eigenvalue weighted by molar-refractivity contribution is 5.28. The van der Waals surface area contributed by atoms with E-state index in [1.807, 2.05) is 0 Å². The third-order valence-electron chi connectivity index (χ3n) is 1.46. The van der Waals surface area contributed by atoms with E-state index >= 15 is 0 Å². The molecule has 0 fully saturated rings. The summed E-state index contributed by atoms with van der Waals surface area (Å²) in [5.41, 5.74) is 4.74. The number of hydrogen-bond acceptors (Lipinski definition) is 1. The second-order valence-electron chi connectivity index (χ2n) is 2.42. The first-order chi connectivity index (χ1) is 5.00. The third kappa shape index (κ3) is 2.08. The van der Waals surface area contributed by atoms with E-state index in [0.717, 1.165) is 12.2 Å². The molecule has 0 spiro atoms. The number of halogens is 3. The van der Waals surface area contributed by atoms with Gasteiger partial charge in [0.1, 0.15) is 0 Å². The molecule has 1 unspecified atom stereocenters. The van der Waals surface area contributed by atoms with Gasteiger partial charge in [-0.15, -0.1) is 0 Å². The van der Waals surface area contributed by atoms with E-state index in [9.17, 15) is 13.2 Å². The van der Waals surface area contributed by atoms with E-state index in [0.29, 0.717) is 0 Å². The summed E-state index contributed by atoms with van der Waals surface area (Å²) in [7, 11) is 0. The fraction of sp³-hybridized carbons (Fsp3) is 0.429. The molecule has 0 saturated carbocycles. The molecule has 4 heteroatoms. The lowest BCUT2D eigenvalue weighted by molar-refractivity contribution is -0.0886. The molecule has 0 aliphatic heterocycles. The van der Waals surface area contributed by atoms with Gasteiger partial charge in [0.15, 0.2) is 0 Å². The smallest absolute Gasteiger partial charge is 0.324 e. The Morgan fingerprint density at radius 2 is 2.09 bits per heavy atom. The third-order valence-corrected chi connectivity index (χ3v) is 1.46. The molecule has 0 heterocycles. The Hall–Kier alpha value is -0.770. The highest BCUT2D eigenvalue weighted by Crippen LogP contribution is 2.28. The van der Waals surface area contributed by atoms with Crippen molar-refractivity contribution >= 4 is 0 Å². The summed E-state index contributed by atoms with van der Waals surface area (Å²) in [4.78, 5) is 0.